The molecule has 198 valence electrons. The van der Waals surface area contributed by atoms with Crippen LogP contribution < -0.4 is 15.0 Å². The van der Waals surface area contributed by atoms with E-state index in [0.29, 0.717) is 29.6 Å². The van der Waals surface area contributed by atoms with E-state index in [1.807, 2.05) is 60.4 Å². The molecule has 0 spiro atoms. The van der Waals surface area contributed by atoms with Crippen LogP contribution in [0.2, 0.25) is 0 Å². The zero-order chi connectivity index (χ0) is 26.4. The van der Waals surface area contributed by atoms with E-state index < -0.39 is 6.04 Å². The molecule has 0 bridgehead atoms. The Morgan fingerprint density at radius 2 is 1.73 bits per heavy atom. The van der Waals surface area contributed by atoms with Crippen LogP contribution in [0.15, 0.2) is 53.0 Å². The summed E-state index contributed by atoms with van der Waals surface area (Å²) < 4.78 is 6.47. The summed E-state index contributed by atoms with van der Waals surface area (Å²) in [4.78, 5) is 34.9. The molecule has 2 amide bonds. The van der Waals surface area contributed by atoms with Crippen LogP contribution in [-0.4, -0.2) is 90.6 Å². The van der Waals surface area contributed by atoms with E-state index in [9.17, 15) is 9.59 Å². The molecule has 0 saturated carbocycles. The lowest BCUT2D eigenvalue weighted by Gasteiger charge is -2.33. The molecule has 2 fully saturated rings. The van der Waals surface area contributed by atoms with Gasteiger partial charge < -0.3 is 24.8 Å². The van der Waals surface area contributed by atoms with Gasteiger partial charge in [-0.15, -0.1) is 0 Å². The molecule has 0 aromatic heterocycles. The molecule has 2 saturated heterocycles. The molecule has 0 radical (unpaired) electrons. The lowest BCUT2D eigenvalue weighted by Crippen LogP contribution is -2.45. The van der Waals surface area contributed by atoms with Crippen molar-refractivity contribution in [3.05, 3.63) is 53.0 Å². The van der Waals surface area contributed by atoms with Crippen LogP contribution >= 0.6 is 28.1 Å². The topological polar surface area (TPSA) is 68.4 Å². The van der Waals surface area contributed by atoms with E-state index in [4.69, 9.17) is 17.0 Å². The first kappa shape index (κ1) is 27.5. The van der Waals surface area contributed by atoms with Gasteiger partial charge in [-0.2, -0.15) is 0 Å². The Balaban J connectivity index is 1.47. The van der Waals surface area contributed by atoms with Gasteiger partial charge in [0.05, 0.1) is 18.7 Å². The van der Waals surface area contributed by atoms with Crippen LogP contribution in [0.5, 0.6) is 5.75 Å². The maximum Gasteiger partial charge on any atom is 0.256 e. The highest BCUT2D eigenvalue weighted by molar-refractivity contribution is 9.10. The summed E-state index contributed by atoms with van der Waals surface area (Å²) in [6, 6.07) is 14.1. The van der Waals surface area contributed by atoms with Crippen molar-refractivity contribution >= 4 is 56.4 Å². The fourth-order valence-electron chi connectivity index (χ4n) is 4.64. The van der Waals surface area contributed by atoms with E-state index >= 15 is 0 Å². The van der Waals surface area contributed by atoms with Gasteiger partial charge in [0.2, 0.25) is 5.91 Å². The number of carbonyl (C=O) groups excluding carboxylic acids is 2. The van der Waals surface area contributed by atoms with Crippen molar-refractivity contribution in [3.8, 4) is 5.75 Å². The SMILES string of the molecule is CCOc1ccc(N2C(=O)C(CC(=O)Nc3ccc(Br)cc3)N(CCCN3CCN(C)CC3)C2=S)cc1. The standard InChI is InChI=1S/C27H34BrN5O3S/c1-3-36-23-11-9-22(10-12-23)33-26(35)24(19-25(34)29-21-7-5-20(28)6-8-21)32(27(33)37)14-4-13-31-17-15-30(2)16-18-31/h5-12,24H,3-4,13-19H2,1-2H3,(H,29,34). The van der Waals surface area contributed by atoms with Crippen molar-refractivity contribution in [2.75, 3.05) is 63.1 Å². The first-order valence-corrected chi connectivity index (χ1v) is 13.9. The number of thiocarbonyl (C=S) groups is 1. The second-order valence-corrected chi connectivity index (χ2v) is 10.6. The van der Waals surface area contributed by atoms with E-state index in [1.54, 1.807) is 4.90 Å². The molecule has 0 aliphatic carbocycles. The third-order valence-electron chi connectivity index (χ3n) is 6.70. The van der Waals surface area contributed by atoms with Gasteiger partial charge >= 0.3 is 0 Å². The van der Waals surface area contributed by atoms with Gasteiger partial charge in [0.1, 0.15) is 11.8 Å². The summed E-state index contributed by atoms with van der Waals surface area (Å²) in [5.74, 6) is 0.332. The van der Waals surface area contributed by atoms with Gasteiger partial charge in [-0.25, -0.2) is 0 Å². The van der Waals surface area contributed by atoms with E-state index in [0.717, 1.165) is 49.4 Å². The highest BCUT2D eigenvalue weighted by atomic mass is 79.9. The molecule has 2 aromatic rings. The quantitative estimate of drug-likeness (QED) is 0.424. The Morgan fingerprint density at radius 3 is 2.38 bits per heavy atom. The predicted octanol–water partition coefficient (Wildman–Crippen LogP) is 3.82. The van der Waals surface area contributed by atoms with Crippen LogP contribution in [0.4, 0.5) is 11.4 Å². The number of carbonyl (C=O) groups is 2. The lowest BCUT2D eigenvalue weighted by atomic mass is 10.1. The Kier molecular flexibility index (Phi) is 9.53. The number of nitrogens with zero attached hydrogens (tertiary/aromatic N) is 4. The molecule has 2 aromatic carbocycles. The number of nitrogens with one attached hydrogen (secondary N) is 1. The molecule has 4 rings (SSSR count). The Bertz CT molecular complexity index is 1090. The molecule has 1 N–H and O–H groups in total. The Labute approximate surface area is 232 Å². The van der Waals surface area contributed by atoms with Crippen molar-refractivity contribution in [2.24, 2.45) is 0 Å². The molecular weight excluding hydrogens is 554 g/mol. The van der Waals surface area contributed by atoms with Gasteiger partial charge in [0.15, 0.2) is 5.11 Å². The summed E-state index contributed by atoms with van der Waals surface area (Å²) >= 11 is 9.21. The number of rotatable bonds is 10. The number of benzene rings is 2. The largest absolute Gasteiger partial charge is 0.494 e. The first-order valence-electron chi connectivity index (χ1n) is 12.7. The van der Waals surface area contributed by atoms with Crippen LogP contribution in [-0.2, 0) is 9.59 Å². The van der Waals surface area contributed by atoms with Crippen molar-refractivity contribution in [1.29, 1.82) is 0 Å². The van der Waals surface area contributed by atoms with Gasteiger partial charge in [-0.1, -0.05) is 15.9 Å². The third-order valence-corrected chi connectivity index (χ3v) is 7.65. The lowest BCUT2D eigenvalue weighted by molar-refractivity contribution is -0.124. The molecule has 2 aliphatic heterocycles. The van der Waals surface area contributed by atoms with Crippen LogP contribution in [0, 0.1) is 0 Å². The predicted molar refractivity (Wildman–Crippen MR) is 154 cm³/mol. The summed E-state index contributed by atoms with van der Waals surface area (Å²) in [7, 11) is 2.14. The number of anilines is 2. The monoisotopic (exact) mass is 587 g/mol. The van der Waals surface area contributed by atoms with Crippen molar-refractivity contribution in [2.45, 2.75) is 25.8 Å². The minimum atomic E-state index is -0.651. The molecule has 8 nitrogen and oxygen atoms in total. The molecule has 1 atom stereocenters. The maximum absolute atomic E-state index is 13.6. The van der Waals surface area contributed by atoms with Crippen LogP contribution in [0.1, 0.15) is 19.8 Å². The van der Waals surface area contributed by atoms with Crippen molar-refractivity contribution < 1.29 is 14.3 Å². The van der Waals surface area contributed by atoms with E-state index in [2.05, 4.69) is 38.1 Å². The fourth-order valence-corrected chi connectivity index (χ4v) is 5.32. The normalized spacial score (nSPS) is 18.9. The number of halogens is 1. The smallest absolute Gasteiger partial charge is 0.256 e. The number of ether oxygens (including phenoxy) is 1. The van der Waals surface area contributed by atoms with Crippen molar-refractivity contribution in [1.82, 2.24) is 14.7 Å². The summed E-state index contributed by atoms with van der Waals surface area (Å²) in [6.07, 6.45) is 0.885. The van der Waals surface area contributed by atoms with Crippen LogP contribution in [0.25, 0.3) is 0 Å². The van der Waals surface area contributed by atoms with E-state index in [-0.39, 0.29) is 18.2 Å². The fraction of sp³-hybridized carbons (Fsp3) is 0.444. The van der Waals surface area contributed by atoms with Gasteiger partial charge in [-0.05, 0) is 87.7 Å². The second kappa shape index (κ2) is 12.8. The highest BCUT2D eigenvalue weighted by Crippen LogP contribution is 2.29. The molecule has 37 heavy (non-hydrogen) atoms. The summed E-state index contributed by atoms with van der Waals surface area (Å²) in [5, 5.41) is 3.35. The summed E-state index contributed by atoms with van der Waals surface area (Å²) in [5.41, 5.74) is 1.37. The number of hydrogen-bond donors (Lipinski definition) is 1. The number of likely N-dealkylation sites (N-methyl/N-ethyl adjacent to an activating group) is 1. The number of amides is 2. The Morgan fingerprint density at radius 1 is 1.05 bits per heavy atom. The summed E-state index contributed by atoms with van der Waals surface area (Å²) in [6.45, 7) is 8.24. The number of piperazine rings is 1. The van der Waals surface area contributed by atoms with Gasteiger partial charge in [0.25, 0.3) is 5.91 Å². The van der Waals surface area contributed by atoms with E-state index in [1.165, 1.54) is 0 Å². The first-order chi connectivity index (χ1) is 17.9. The minimum absolute atomic E-state index is 0.0249. The molecular formula is C27H34BrN5O3S. The second-order valence-electron chi connectivity index (χ2n) is 9.35. The van der Waals surface area contributed by atoms with Gasteiger partial charge in [-0.3, -0.25) is 14.5 Å². The number of hydrogen-bond acceptors (Lipinski definition) is 6. The molecule has 2 heterocycles. The molecule has 10 heteroatoms. The third kappa shape index (κ3) is 7.07. The average Bonchev–Trinajstić information content (AvgIpc) is 3.11. The van der Waals surface area contributed by atoms with Crippen molar-refractivity contribution in [3.63, 3.8) is 0 Å². The zero-order valence-electron chi connectivity index (χ0n) is 21.4. The molecule has 2 aliphatic rings. The zero-order valence-corrected chi connectivity index (χ0v) is 23.8. The molecule has 1 unspecified atom stereocenters. The maximum atomic E-state index is 13.6. The minimum Gasteiger partial charge on any atom is -0.494 e. The highest BCUT2D eigenvalue weighted by Gasteiger charge is 2.43. The average molecular weight is 589 g/mol. The van der Waals surface area contributed by atoms with Gasteiger partial charge in [0, 0.05) is 42.9 Å². The van der Waals surface area contributed by atoms with Crippen LogP contribution in [0.3, 0.4) is 0 Å². The Hall–Kier alpha value is -2.53.